The van der Waals surface area contributed by atoms with Crippen LogP contribution in [0.1, 0.15) is 37.8 Å². The quantitative estimate of drug-likeness (QED) is 0.304. The Labute approximate surface area is 196 Å². The van der Waals surface area contributed by atoms with Gasteiger partial charge in [-0.2, -0.15) is 0 Å². The number of fused-ring (bicyclic) bond motifs is 1. The summed E-state index contributed by atoms with van der Waals surface area (Å²) < 4.78 is 4.81. The number of carbonyl (C=O) groups is 1. The summed E-state index contributed by atoms with van der Waals surface area (Å²) in [6.07, 6.45) is 5.57. The number of methoxy groups -OCH3 is 1. The zero-order valence-corrected chi connectivity index (χ0v) is 20.5. The number of ether oxygens (including phenoxy) is 1. The smallest absolute Gasteiger partial charge is 0.409 e. The molecular weight excluding hydrogens is 493 g/mol. The number of aryl methyl sites for hydroxylation is 1. The SMILES string of the molecule is CCNC(=NCCc1c[nH]c2c(CC)cccc12)NC1CCN(C(=O)OC)CC1.I. The van der Waals surface area contributed by atoms with E-state index in [0.29, 0.717) is 19.1 Å². The summed E-state index contributed by atoms with van der Waals surface area (Å²) in [4.78, 5) is 21.6. The Balaban J connectivity index is 0.00000320. The van der Waals surface area contributed by atoms with Gasteiger partial charge >= 0.3 is 6.09 Å². The molecular formula is C22H34IN5O2. The van der Waals surface area contributed by atoms with Crippen molar-refractivity contribution < 1.29 is 9.53 Å². The summed E-state index contributed by atoms with van der Waals surface area (Å²) in [5, 5.41) is 8.16. The van der Waals surface area contributed by atoms with Crippen LogP contribution >= 0.6 is 24.0 Å². The Morgan fingerprint density at radius 1 is 1.27 bits per heavy atom. The van der Waals surface area contributed by atoms with Crippen LogP contribution in [-0.4, -0.2) is 61.3 Å². The molecule has 1 amide bonds. The van der Waals surface area contributed by atoms with Gasteiger partial charge in [0.2, 0.25) is 0 Å². The molecule has 1 aromatic heterocycles. The van der Waals surface area contributed by atoms with Crippen molar-refractivity contribution in [3.05, 3.63) is 35.5 Å². The van der Waals surface area contributed by atoms with Gasteiger partial charge in [0, 0.05) is 49.3 Å². The lowest BCUT2D eigenvalue weighted by Crippen LogP contribution is -2.49. The Kier molecular flexibility index (Phi) is 9.74. The molecule has 3 rings (SSSR count). The summed E-state index contributed by atoms with van der Waals surface area (Å²) >= 11 is 0. The average Bonchev–Trinajstić information content (AvgIpc) is 3.17. The third-order valence-corrected chi connectivity index (χ3v) is 5.53. The number of likely N-dealkylation sites (tertiary alicyclic amines) is 1. The number of nitrogens with zero attached hydrogens (tertiary/aromatic N) is 2. The van der Waals surface area contributed by atoms with Crippen molar-refractivity contribution in [3.8, 4) is 0 Å². The second-order valence-corrected chi connectivity index (χ2v) is 7.39. The Bertz CT molecular complexity index is 843. The largest absolute Gasteiger partial charge is 0.453 e. The van der Waals surface area contributed by atoms with E-state index in [4.69, 9.17) is 9.73 Å². The molecule has 0 spiro atoms. The van der Waals surface area contributed by atoms with Crippen LogP contribution in [0.3, 0.4) is 0 Å². The summed E-state index contributed by atoms with van der Waals surface area (Å²) in [5.41, 5.74) is 3.91. The van der Waals surface area contributed by atoms with Crippen molar-refractivity contribution in [2.24, 2.45) is 4.99 Å². The zero-order chi connectivity index (χ0) is 20.6. The number of guanidine groups is 1. The number of aromatic amines is 1. The maximum Gasteiger partial charge on any atom is 0.409 e. The number of rotatable bonds is 6. The van der Waals surface area contributed by atoms with Crippen LogP contribution in [0.25, 0.3) is 10.9 Å². The average molecular weight is 527 g/mol. The fourth-order valence-electron chi connectivity index (χ4n) is 3.91. The van der Waals surface area contributed by atoms with E-state index in [-0.39, 0.29) is 30.1 Å². The molecule has 1 aromatic carbocycles. The number of hydrogen-bond donors (Lipinski definition) is 3. The molecule has 0 saturated carbocycles. The Morgan fingerprint density at radius 3 is 2.70 bits per heavy atom. The molecule has 2 aromatic rings. The second-order valence-electron chi connectivity index (χ2n) is 7.39. The maximum atomic E-state index is 11.6. The molecule has 1 fully saturated rings. The van der Waals surface area contributed by atoms with E-state index in [1.807, 2.05) is 0 Å². The molecule has 166 valence electrons. The highest BCUT2D eigenvalue weighted by Crippen LogP contribution is 2.22. The summed E-state index contributed by atoms with van der Waals surface area (Å²) in [6.45, 7) is 7.21. The van der Waals surface area contributed by atoms with E-state index in [0.717, 1.165) is 44.7 Å². The van der Waals surface area contributed by atoms with Crippen LogP contribution in [0.5, 0.6) is 0 Å². The van der Waals surface area contributed by atoms with Crippen LogP contribution < -0.4 is 10.6 Å². The van der Waals surface area contributed by atoms with Gasteiger partial charge in [0.05, 0.1) is 7.11 Å². The van der Waals surface area contributed by atoms with Crippen molar-refractivity contribution >= 4 is 46.9 Å². The fraction of sp³-hybridized carbons (Fsp3) is 0.545. The van der Waals surface area contributed by atoms with Gasteiger partial charge in [0.25, 0.3) is 0 Å². The van der Waals surface area contributed by atoms with Gasteiger partial charge in [-0.05, 0) is 43.7 Å². The number of aromatic nitrogens is 1. The van der Waals surface area contributed by atoms with Crippen LogP contribution in [0.4, 0.5) is 4.79 Å². The highest BCUT2D eigenvalue weighted by atomic mass is 127. The first-order valence-electron chi connectivity index (χ1n) is 10.6. The van der Waals surface area contributed by atoms with E-state index in [2.05, 4.69) is 53.9 Å². The van der Waals surface area contributed by atoms with Gasteiger partial charge in [-0.15, -0.1) is 24.0 Å². The number of H-pyrrole nitrogens is 1. The highest BCUT2D eigenvalue weighted by Gasteiger charge is 2.23. The number of piperidine rings is 1. The lowest BCUT2D eigenvalue weighted by Gasteiger charge is -2.32. The molecule has 2 heterocycles. The van der Waals surface area contributed by atoms with Crippen molar-refractivity contribution in [3.63, 3.8) is 0 Å². The molecule has 0 bridgehead atoms. The number of benzene rings is 1. The number of hydrogen-bond acceptors (Lipinski definition) is 3. The van der Waals surface area contributed by atoms with Crippen LogP contribution in [0, 0.1) is 0 Å². The van der Waals surface area contributed by atoms with E-state index in [1.165, 1.54) is 29.1 Å². The molecule has 1 saturated heterocycles. The predicted octanol–water partition coefficient (Wildman–Crippen LogP) is 3.68. The standard InChI is InChI=1S/C22H33N5O2.HI/c1-4-16-7-6-8-19-17(15-25-20(16)19)9-12-24-21(23-5-2)26-18-10-13-27(14-11-18)22(28)29-3;/h6-8,15,18,25H,4-5,9-14H2,1-3H3,(H2,23,24,26);1H. The number of para-hydroxylation sites is 1. The van der Waals surface area contributed by atoms with Gasteiger partial charge < -0.3 is 25.3 Å². The Morgan fingerprint density at radius 2 is 2.03 bits per heavy atom. The molecule has 7 nitrogen and oxygen atoms in total. The third-order valence-electron chi connectivity index (χ3n) is 5.53. The first-order chi connectivity index (χ1) is 14.2. The Hall–Kier alpha value is -1.97. The van der Waals surface area contributed by atoms with Crippen LogP contribution in [0.2, 0.25) is 0 Å². The highest BCUT2D eigenvalue weighted by molar-refractivity contribution is 14.0. The molecule has 0 atom stereocenters. The first kappa shape index (κ1) is 24.3. The first-order valence-corrected chi connectivity index (χ1v) is 10.6. The monoisotopic (exact) mass is 527 g/mol. The minimum Gasteiger partial charge on any atom is -0.453 e. The van der Waals surface area contributed by atoms with E-state index >= 15 is 0 Å². The van der Waals surface area contributed by atoms with Gasteiger partial charge in [-0.3, -0.25) is 4.99 Å². The molecule has 0 unspecified atom stereocenters. The van der Waals surface area contributed by atoms with E-state index < -0.39 is 0 Å². The topological polar surface area (TPSA) is 81.8 Å². The van der Waals surface area contributed by atoms with Crippen molar-refractivity contribution in [2.75, 3.05) is 33.3 Å². The number of halogens is 1. The van der Waals surface area contributed by atoms with Crippen LogP contribution in [-0.2, 0) is 17.6 Å². The predicted molar refractivity (Wildman–Crippen MR) is 133 cm³/mol. The molecule has 30 heavy (non-hydrogen) atoms. The van der Waals surface area contributed by atoms with Crippen molar-refractivity contribution in [2.45, 2.75) is 45.6 Å². The second kappa shape index (κ2) is 12.0. The number of carbonyl (C=O) groups excluding carboxylic acids is 1. The van der Waals surface area contributed by atoms with E-state index in [1.54, 1.807) is 4.90 Å². The summed E-state index contributed by atoms with van der Waals surface area (Å²) in [5.74, 6) is 0.845. The molecule has 1 aliphatic heterocycles. The van der Waals surface area contributed by atoms with Gasteiger partial charge in [-0.25, -0.2) is 4.79 Å². The molecule has 0 radical (unpaired) electrons. The molecule has 8 heteroatoms. The normalized spacial score (nSPS) is 15.0. The maximum absolute atomic E-state index is 11.6. The molecule has 3 N–H and O–H groups in total. The van der Waals surface area contributed by atoms with Gasteiger partial charge in [-0.1, -0.05) is 25.1 Å². The van der Waals surface area contributed by atoms with Crippen LogP contribution in [0.15, 0.2) is 29.4 Å². The lowest BCUT2D eigenvalue weighted by molar-refractivity contribution is 0.111. The van der Waals surface area contributed by atoms with Gasteiger partial charge in [0.1, 0.15) is 0 Å². The van der Waals surface area contributed by atoms with Crippen molar-refractivity contribution in [1.29, 1.82) is 0 Å². The number of nitrogens with one attached hydrogen (secondary N) is 3. The van der Waals surface area contributed by atoms with Gasteiger partial charge in [0.15, 0.2) is 5.96 Å². The minimum absolute atomic E-state index is 0. The molecule has 0 aliphatic carbocycles. The number of amides is 1. The number of aliphatic imine (C=N–C) groups is 1. The van der Waals surface area contributed by atoms with Crippen molar-refractivity contribution in [1.82, 2.24) is 20.5 Å². The zero-order valence-electron chi connectivity index (χ0n) is 18.2. The van der Waals surface area contributed by atoms with E-state index in [9.17, 15) is 4.79 Å². The third kappa shape index (κ3) is 6.02. The lowest BCUT2D eigenvalue weighted by atomic mass is 10.1. The molecule has 1 aliphatic rings. The minimum atomic E-state index is -0.242. The fourth-order valence-corrected chi connectivity index (χ4v) is 3.91. The summed E-state index contributed by atoms with van der Waals surface area (Å²) in [6, 6.07) is 6.81. The summed E-state index contributed by atoms with van der Waals surface area (Å²) in [7, 11) is 1.43.